The molecular formula is C22H28N2O4. The molecule has 2 aromatic rings. The Hall–Kier alpha value is -2.76. The van der Waals surface area contributed by atoms with Gasteiger partial charge in [0.25, 0.3) is 11.5 Å². The van der Waals surface area contributed by atoms with E-state index in [1.807, 2.05) is 11.0 Å². The van der Waals surface area contributed by atoms with Crippen LogP contribution in [-0.4, -0.2) is 42.7 Å². The molecular weight excluding hydrogens is 356 g/mol. The van der Waals surface area contributed by atoms with E-state index in [9.17, 15) is 9.59 Å². The van der Waals surface area contributed by atoms with E-state index in [1.165, 1.54) is 16.2 Å². The van der Waals surface area contributed by atoms with Crippen LogP contribution in [0.1, 0.15) is 35.2 Å². The van der Waals surface area contributed by atoms with Gasteiger partial charge >= 0.3 is 0 Å². The normalized spacial score (nSPS) is 14.8. The smallest absolute Gasteiger partial charge is 0.254 e. The molecule has 0 N–H and O–H groups in total. The van der Waals surface area contributed by atoms with Crippen molar-refractivity contribution >= 4 is 5.91 Å². The number of methoxy groups -OCH3 is 2. The first-order chi connectivity index (χ1) is 13.5. The molecule has 3 rings (SSSR count). The summed E-state index contributed by atoms with van der Waals surface area (Å²) in [4.78, 5) is 26.3. The summed E-state index contributed by atoms with van der Waals surface area (Å²) < 4.78 is 12.1. The second kappa shape index (κ2) is 8.95. The number of ether oxygens (including phenoxy) is 2. The fraction of sp³-hybridized carbons (Fsp3) is 0.455. The molecule has 150 valence electrons. The molecule has 0 atom stereocenters. The first-order valence-electron chi connectivity index (χ1n) is 9.68. The van der Waals surface area contributed by atoms with Gasteiger partial charge in [-0.15, -0.1) is 0 Å². The van der Waals surface area contributed by atoms with Gasteiger partial charge in [0.15, 0.2) is 0 Å². The number of likely N-dealkylation sites (tertiary alicyclic amines) is 1. The van der Waals surface area contributed by atoms with Gasteiger partial charge in [0.2, 0.25) is 0 Å². The van der Waals surface area contributed by atoms with Crippen LogP contribution in [0.4, 0.5) is 0 Å². The fourth-order valence-corrected chi connectivity index (χ4v) is 3.67. The van der Waals surface area contributed by atoms with Crippen LogP contribution in [0.3, 0.4) is 0 Å². The molecule has 0 bridgehead atoms. The van der Waals surface area contributed by atoms with Gasteiger partial charge in [-0.2, -0.15) is 0 Å². The van der Waals surface area contributed by atoms with Gasteiger partial charge < -0.3 is 18.9 Å². The third-order valence-corrected chi connectivity index (χ3v) is 5.51. The van der Waals surface area contributed by atoms with Crippen LogP contribution in [0.5, 0.6) is 11.5 Å². The molecule has 1 aliphatic heterocycles. The first-order valence-corrected chi connectivity index (χ1v) is 9.68. The Morgan fingerprint density at radius 3 is 2.29 bits per heavy atom. The van der Waals surface area contributed by atoms with E-state index in [1.54, 1.807) is 33.5 Å². The number of aryl methyl sites for hydroxylation is 2. The quantitative estimate of drug-likeness (QED) is 0.768. The lowest BCUT2D eigenvalue weighted by molar-refractivity contribution is 0.0686. The summed E-state index contributed by atoms with van der Waals surface area (Å²) in [5, 5.41) is 0. The van der Waals surface area contributed by atoms with Crippen molar-refractivity contribution < 1.29 is 14.3 Å². The Balaban J connectivity index is 1.53. The Morgan fingerprint density at radius 1 is 1.07 bits per heavy atom. The molecule has 0 saturated carbocycles. The Kier molecular flexibility index (Phi) is 6.39. The molecule has 0 aliphatic carbocycles. The minimum Gasteiger partial charge on any atom is -0.497 e. The maximum atomic E-state index is 12.6. The third-order valence-electron chi connectivity index (χ3n) is 5.51. The number of benzene rings is 1. The van der Waals surface area contributed by atoms with Crippen molar-refractivity contribution in [3.05, 3.63) is 58.0 Å². The number of piperidine rings is 1. The summed E-state index contributed by atoms with van der Waals surface area (Å²) in [7, 11) is 5.00. The minimum absolute atomic E-state index is 0.0475. The lowest BCUT2D eigenvalue weighted by Crippen LogP contribution is -2.39. The predicted octanol–water partition coefficient (Wildman–Crippen LogP) is 2.89. The zero-order valence-corrected chi connectivity index (χ0v) is 16.8. The van der Waals surface area contributed by atoms with Crippen LogP contribution in [0, 0.1) is 5.92 Å². The number of aromatic nitrogens is 1. The van der Waals surface area contributed by atoms with Crippen LogP contribution < -0.4 is 15.0 Å². The highest BCUT2D eigenvalue weighted by Gasteiger charge is 2.24. The molecule has 1 fully saturated rings. The van der Waals surface area contributed by atoms with Gasteiger partial charge in [-0.05, 0) is 55.4 Å². The summed E-state index contributed by atoms with van der Waals surface area (Å²) in [6, 6.07) is 9.12. The van der Waals surface area contributed by atoms with Gasteiger partial charge in [0, 0.05) is 44.0 Å². The summed E-state index contributed by atoms with van der Waals surface area (Å²) in [5.74, 6) is 2.16. The van der Waals surface area contributed by atoms with Crippen molar-refractivity contribution in [2.45, 2.75) is 25.7 Å². The maximum absolute atomic E-state index is 12.6. The SMILES string of the molecule is COc1cc(CCC2CCN(C(=O)c3ccn(C)c(=O)c3)CC2)cc(OC)c1. The number of carbonyl (C=O) groups is 1. The van der Waals surface area contributed by atoms with Crippen LogP contribution in [0.15, 0.2) is 41.3 Å². The first kappa shape index (κ1) is 20.0. The summed E-state index contributed by atoms with van der Waals surface area (Å²) in [6.07, 6.45) is 5.64. The average molecular weight is 384 g/mol. The second-order valence-corrected chi connectivity index (χ2v) is 7.36. The van der Waals surface area contributed by atoms with E-state index in [2.05, 4.69) is 12.1 Å². The van der Waals surface area contributed by atoms with Crippen molar-refractivity contribution in [1.29, 1.82) is 0 Å². The van der Waals surface area contributed by atoms with Crippen LogP contribution in [0.25, 0.3) is 0 Å². The van der Waals surface area contributed by atoms with Gasteiger partial charge in [-0.3, -0.25) is 9.59 Å². The third kappa shape index (κ3) is 4.74. The fourth-order valence-electron chi connectivity index (χ4n) is 3.67. The van der Waals surface area contributed by atoms with Crippen molar-refractivity contribution in [3.63, 3.8) is 0 Å². The molecule has 1 aromatic heterocycles. The molecule has 0 radical (unpaired) electrons. The van der Waals surface area contributed by atoms with Crippen LogP contribution in [-0.2, 0) is 13.5 Å². The van der Waals surface area contributed by atoms with Gasteiger partial charge in [0.05, 0.1) is 14.2 Å². The van der Waals surface area contributed by atoms with Gasteiger partial charge in [-0.25, -0.2) is 0 Å². The lowest BCUT2D eigenvalue weighted by Gasteiger charge is -2.32. The van der Waals surface area contributed by atoms with Crippen LogP contribution in [0.2, 0.25) is 0 Å². The molecule has 1 aromatic carbocycles. The average Bonchev–Trinajstić information content (AvgIpc) is 2.73. The number of nitrogens with zero attached hydrogens (tertiary/aromatic N) is 2. The zero-order valence-electron chi connectivity index (χ0n) is 16.8. The summed E-state index contributed by atoms with van der Waals surface area (Å²) in [5.41, 5.74) is 1.52. The largest absolute Gasteiger partial charge is 0.497 e. The minimum atomic E-state index is -0.158. The topological polar surface area (TPSA) is 60.8 Å². The predicted molar refractivity (Wildman–Crippen MR) is 108 cm³/mol. The van der Waals surface area contributed by atoms with E-state index in [0.29, 0.717) is 11.5 Å². The molecule has 1 amide bonds. The number of pyridine rings is 1. The summed E-state index contributed by atoms with van der Waals surface area (Å²) >= 11 is 0. The molecule has 0 unspecified atom stereocenters. The van der Waals surface area contributed by atoms with Crippen molar-refractivity contribution in [3.8, 4) is 11.5 Å². The highest BCUT2D eigenvalue weighted by atomic mass is 16.5. The standard InChI is InChI=1S/C22H28N2O4/c1-23-9-8-18(14-21(23)25)22(26)24-10-6-16(7-11-24)4-5-17-12-19(27-2)15-20(13-17)28-3/h8-9,12-16H,4-7,10-11H2,1-3H3. The lowest BCUT2D eigenvalue weighted by atomic mass is 9.90. The highest BCUT2D eigenvalue weighted by Crippen LogP contribution is 2.27. The Bertz CT molecular complexity index is 860. The van der Waals surface area contributed by atoms with Gasteiger partial charge in [0.1, 0.15) is 11.5 Å². The summed E-state index contributed by atoms with van der Waals surface area (Å²) in [6.45, 7) is 1.47. The van der Waals surface area contributed by atoms with E-state index in [0.717, 1.165) is 50.3 Å². The van der Waals surface area contributed by atoms with E-state index >= 15 is 0 Å². The molecule has 0 spiro atoms. The molecule has 6 nitrogen and oxygen atoms in total. The van der Waals surface area contributed by atoms with E-state index in [-0.39, 0.29) is 11.5 Å². The monoisotopic (exact) mass is 384 g/mol. The zero-order chi connectivity index (χ0) is 20.1. The van der Waals surface area contributed by atoms with Crippen molar-refractivity contribution in [1.82, 2.24) is 9.47 Å². The number of hydrogen-bond donors (Lipinski definition) is 0. The maximum Gasteiger partial charge on any atom is 0.254 e. The number of hydrogen-bond acceptors (Lipinski definition) is 4. The highest BCUT2D eigenvalue weighted by molar-refractivity contribution is 5.94. The van der Waals surface area contributed by atoms with Crippen molar-refractivity contribution in [2.24, 2.45) is 13.0 Å². The Morgan fingerprint density at radius 2 is 1.71 bits per heavy atom. The van der Waals surface area contributed by atoms with E-state index in [4.69, 9.17) is 9.47 Å². The molecule has 1 saturated heterocycles. The van der Waals surface area contributed by atoms with E-state index < -0.39 is 0 Å². The molecule has 6 heteroatoms. The molecule has 1 aliphatic rings. The number of amides is 1. The number of carbonyl (C=O) groups excluding carboxylic acids is 1. The molecule has 28 heavy (non-hydrogen) atoms. The number of rotatable bonds is 6. The van der Waals surface area contributed by atoms with Gasteiger partial charge in [-0.1, -0.05) is 0 Å². The van der Waals surface area contributed by atoms with Crippen LogP contribution >= 0.6 is 0 Å². The van der Waals surface area contributed by atoms with Crippen molar-refractivity contribution in [2.75, 3.05) is 27.3 Å². The second-order valence-electron chi connectivity index (χ2n) is 7.36. The Labute approximate surface area is 165 Å². The molecule has 2 heterocycles.